The topological polar surface area (TPSA) is 210 Å². The summed E-state index contributed by atoms with van der Waals surface area (Å²) in [6, 6.07) is 22.0. The molecule has 5 atom stereocenters. The third kappa shape index (κ3) is 18.0. The van der Waals surface area contributed by atoms with Crippen LogP contribution in [0.3, 0.4) is 0 Å². The molecule has 1 saturated carbocycles. The minimum Gasteiger partial charge on any atom is -0.467 e. The Morgan fingerprint density at radius 1 is 0.554 bits per heavy atom. The van der Waals surface area contributed by atoms with E-state index in [2.05, 4.69) is 31.9 Å². The molecule has 0 spiro atoms. The number of hydrogen-bond donors (Lipinski definition) is 6. The summed E-state index contributed by atoms with van der Waals surface area (Å²) in [4.78, 5) is 94.6. The second-order valence-corrected chi connectivity index (χ2v) is 16.6. The molecule has 15 heteroatoms. The van der Waals surface area contributed by atoms with Crippen LogP contribution in [0.2, 0.25) is 0 Å². The molecule has 3 aromatic carbocycles. The van der Waals surface area contributed by atoms with Crippen molar-refractivity contribution in [2.45, 2.75) is 103 Å². The molecular weight excluding hydrogens is 829 g/mol. The van der Waals surface area contributed by atoms with Gasteiger partial charge in [0.2, 0.25) is 29.5 Å². The predicted octanol–water partition coefficient (Wildman–Crippen LogP) is 4.27. The largest absolute Gasteiger partial charge is 0.467 e. The highest BCUT2D eigenvalue weighted by molar-refractivity contribution is 6.00. The van der Waals surface area contributed by atoms with Gasteiger partial charge in [-0.1, -0.05) is 119 Å². The second-order valence-electron chi connectivity index (χ2n) is 16.6. The van der Waals surface area contributed by atoms with E-state index in [9.17, 15) is 33.6 Å². The molecular formula is C50H63N6O9. The van der Waals surface area contributed by atoms with Gasteiger partial charge in [-0.25, -0.2) is 9.59 Å². The van der Waals surface area contributed by atoms with Crippen LogP contribution in [-0.2, 0) is 57.7 Å². The van der Waals surface area contributed by atoms with Crippen molar-refractivity contribution in [3.8, 4) is 0 Å². The number of nitrogens with one attached hydrogen (secondary N) is 6. The average Bonchev–Trinajstić information content (AvgIpc) is 3.85. The summed E-state index contributed by atoms with van der Waals surface area (Å²) in [6.07, 6.45) is 7.61. The standard InChI is InChI=1S/C50H63N6O9/c1-33(2)29-40(53-45(58)39(52-44(57)38-25-15-16-26-38)27-17-18-28-51-50(63)65-32-37-23-13-8-14-24-37)47(60)56-43(34(3)4)48(61)54-41(30-35-19-9-6-10-20-35)46(59)55-42(49(62)64-5)31-36-21-11-7-12-22-36/h6-16,19-26,33-34,39-43H,17-18,27-32H2,1-5H3,(H,51,63)(H,52,57)(H,53,58)(H,54,61)(H,55,59)(H,56,60)/t39-,40-,41-,42-,43-/m0/s1. The van der Waals surface area contributed by atoms with E-state index in [-0.39, 0.29) is 44.8 Å². The maximum absolute atomic E-state index is 14.1. The average molecular weight is 892 g/mol. The number of ether oxygens (including phenoxy) is 2. The summed E-state index contributed by atoms with van der Waals surface area (Å²) in [7, 11) is 1.23. The first-order valence-corrected chi connectivity index (χ1v) is 22.1. The minimum absolute atomic E-state index is 0.0694. The van der Waals surface area contributed by atoms with Crippen molar-refractivity contribution in [1.29, 1.82) is 0 Å². The van der Waals surface area contributed by atoms with Crippen LogP contribution in [-0.4, -0.2) is 85.5 Å². The van der Waals surface area contributed by atoms with Gasteiger partial charge in [-0.2, -0.15) is 0 Å². The lowest BCUT2D eigenvalue weighted by Gasteiger charge is -2.29. The first kappa shape index (κ1) is 51.4. The summed E-state index contributed by atoms with van der Waals surface area (Å²) < 4.78 is 10.3. The van der Waals surface area contributed by atoms with E-state index in [4.69, 9.17) is 9.47 Å². The van der Waals surface area contributed by atoms with Crippen LogP contribution < -0.4 is 31.9 Å². The molecule has 347 valence electrons. The highest BCUT2D eigenvalue weighted by atomic mass is 16.5. The number of carbonyl (C=O) groups is 7. The molecule has 1 aliphatic rings. The van der Waals surface area contributed by atoms with Gasteiger partial charge in [0, 0.05) is 19.4 Å². The molecule has 15 nitrogen and oxygen atoms in total. The van der Waals surface area contributed by atoms with Crippen molar-refractivity contribution in [2.75, 3.05) is 13.7 Å². The van der Waals surface area contributed by atoms with Crippen molar-refractivity contribution in [2.24, 2.45) is 11.8 Å². The normalized spacial score (nSPS) is 14.8. The number of esters is 1. The van der Waals surface area contributed by atoms with Crippen molar-refractivity contribution in [3.05, 3.63) is 139 Å². The van der Waals surface area contributed by atoms with E-state index in [1.807, 2.05) is 92.7 Å². The Morgan fingerprint density at radius 3 is 1.62 bits per heavy atom. The molecule has 0 heterocycles. The number of unbranched alkanes of at least 4 members (excludes halogenated alkanes) is 1. The van der Waals surface area contributed by atoms with Gasteiger partial charge < -0.3 is 41.4 Å². The van der Waals surface area contributed by atoms with Gasteiger partial charge in [0.05, 0.1) is 13.0 Å². The highest BCUT2D eigenvalue weighted by Crippen LogP contribution is 2.23. The van der Waals surface area contributed by atoms with Gasteiger partial charge in [0.25, 0.3) is 0 Å². The first-order valence-electron chi connectivity index (χ1n) is 22.1. The van der Waals surface area contributed by atoms with Gasteiger partial charge in [0.15, 0.2) is 0 Å². The molecule has 6 amide bonds. The van der Waals surface area contributed by atoms with E-state index in [0.717, 1.165) is 16.7 Å². The number of benzene rings is 3. The molecule has 0 aliphatic heterocycles. The Hall–Kier alpha value is -6.25. The second kappa shape index (κ2) is 27.2. The fourth-order valence-electron chi connectivity index (χ4n) is 7.02. The van der Waals surface area contributed by atoms with Gasteiger partial charge >= 0.3 is 12.1 Å². The van der Waals surface area contributed by atoms with Gasteiger partial charge in [-0.3, -0.25) is 24.0 Å². The number of carbonyl (C=O) groups excluding carboxylic acids is 7. The van der Waals surface area contributed by atoms with Crippen LogP contribution in [0.15, 0.2) is 91.0 Å². The highest BCUT2D eigenvalue weighted by Gasteiger charge is 2.35. The Morgan fingerprint density at radius 2 is 1.06 bits per heavy atom. The summed E-state index contributed by atoms with van der Waals surface area (Å²) >= 11 is 0. The van der Waals surface area contributed by atoms with E-state index < -0.39 is 77.7 Å². The Kier molecular flexibility index (Phi) is 21.5. The molecule has 0 saturated heterocycles. The van der Waals surface area contributed by atoms with E-state index >= 15 is 0 Å². The maximum atomic E-state index is 14.1. The molecule has 0 aromatic heterocycles. The lowest BCUT2D eigenvalue weighted by molar-refractivity contribution is -0.145. The number of alkyl carbamates (subject to hydrolysis) is 1. The number of methoxy groups -OCH3 is 1. The molecule has 65 heavy (non-hydrogen) atoms. The Bertz CT molecular complexity index is 1980. The van der Waals surface area contributed by atoms with Crippen LogP contribution in [0.5, 0.6) is 0 Å². The van der Waals surface area contributed by atoms with Gasteiger partial charge in [0.1, 0.15) is 36.8 Å². The molecule has 6 N–H and O–H groups in total. The Labute approximate surface area is 383 Å². The lowest BCUT2D eigenvalue weighted by atomic mass is 9.98. The van der Waals surface area contributed by atoms with Crippen LogP contribution in [0, 0.1) is 43.4 Å². The molecule has 1 aliphatic carbocycles. The molecule has 1 fully saturated rings. The van der Waals surface area contributed by atoms with Crippen molar-refractivity contribution < 1.29 is 43.0 Å². The van der Waals surface area contributed by atoms with Crippen molar-refractivity contribution >= 4 is 41.6 Å². The van der Waals surface area contributed by atoms with Crippen molar-refractivity contribution in [1.82, 2.24) is 31.9 Å². The van der Waals surface area contributed by atoms with E-state index in [1.54, 1.807) is 51.7 Å². The zero-order chi connectivity index (χ0) is 47.1. The first-order chi connectivity index (χ1) is 31.2. The molecule has 0 unspecified atom stereocenters. The number of amides is 6. The minimum atomic E-state index is -1.15. The third-order valence-electron chi connectivity index (χ3n) is 10.5. The monoisotopic (exact) mass is 891 g/mol. The molecule has 5 radical (unpaired) electrons. The predicted molar refractivity (Wildman–Crippen MR) is 245 cm³/mol. The fraction of sp³-hybridized carbons (Fsp3) is 0.400. The van der Waals surface area contributed by atoms with Crippen LogP contribution in [0.25, 0.3) is 0 Å². The van der Waals surface area contributed by atoms with E-state index in [0.29, 0.717) is 18.8 Å². The SMILES string of the molecule is COC(=O)[C@H](Cc1ccccc1)NC(=O)[C@H](Cc1ccccc1)NC(=O)[C@@H](NC(=O)[C@H](CC(C)C)NC(=O)[C@H](CCCCNC(=O)OCc1ccccc1)NC(=O)[C]1[CH][CH][CH][CH]1)C(C)C. The molecule has 0 bridgehead atoms. The summed E-state index contributed by atoms with van der Waals surface area (Å²) in [6.45, 7) is 7.65. The molecule has 3 aromatic rings. The number of rotatable bonds is 25. The van der Waals surface area contributed by atoms with Crippen molar-refractivity contribution in [3.63, 3.8) is 0 Å². The smallest absolute Gasteiger partial charge is 0.407 e. The molecule has 4 rings (SSSR count). The van der Waals surface area contributed by atoms with Crippen LogP contribution >= 0.6 is 0 Å². The van der Waals surface area contributed by atoms with Gasteiger partial charge in [-0.05, 0) is 79.9 Å². The zero-order valence-electron chi connectivity index (χ0n) is 37.8. The van der Waals surface area contributed by atoms with Gasteiger partial charge in [-0.15, -0.1) is 0 Å². The van der Waals surface area contributed by atoms with Crippen LogP contribution in [0.4, 0.5) is 4.79 Å². The summed E-state index contributed by atoms with van der Waals surface area (Å²) in [5, 5.41) is 16.7. The maximum Gasteiger partial charge on any atom is 0.407 e. The Balaban J connectivity index is 1.44. The van der Waals surface area contributed by atoms with E-state index in [1.165, 1.54) is 7.11 Å². The quantitative estimate of drug-likeness (QED) is 0.0530. The fourth-order valence-corrected chi connectivity index (χ4v) is 7.02. The third-order valence-corrected chi connectivity index (χ3v) is 10.5. The zero-order valence-corrected chi connectivity index (χ0v) is 37.8. The summed E-state index contributed by atoms with van der Waals surface area (Å²) in [5.74, 6) is -3.78. The lowest BCUT2D eigenvalue weighted by Crippen LogP contribution is -2.60. The summed E-state index contributed by atoms with van der Waals surface area (Å²) in [5.41, 5.74) is 2.38. The number of hydrogen-bond acceptors (Lipinski definition) is 9. The van der Waals surface area contributed by atoms with Crippen LogP contribution in [0.1, 0.15) is 70.1 Å².